The molecule has 0 bridgehead atoms. The van der Waals surface area contributed by atoms with E-state index in [2.05, 4.69) is 30.0 Å². The zero-order valence-corrected chi connectivity index (χ0v) is 12.0. The molecule has 0 aromatic heterocycles. The van der Waals surface area contributed by atoms with E-state index < -0.39 is 0 Å². The molecule has 0 saturated carbocycles. The highest BCUT2D eigenvalue weighted by Gasteiger charge is 2.29. The van der Waals surface area contributed by atoms with Crippen LogP contribution in [0.2, 0.25) is 0 Å². The van der Waals surface area contributed by atoms with Crippen LogP contribution < -0.4 is 0 Å². The minimum Gasteiger partial charge on any atom is -0.396 e. The number of likely N-dealkylation sites (tertiary alicyclic amines) is 1. The normalized spacial score (nSPS) is 23.9. The summed E-state index contributed by atoms with van der Waals surface area (Å²) in [6, 6.07) is 9.72. The summed E-state index contributed by atoms with van der Waals surface area (Å²) in [7, 11) is 0. The Bertz CT molecular complexity index is 501. The zero-order chi connectivity index (χ0) is 14.4. The van der Waals surface area contributed by atoms with Crippen LogP contribution in [0.5, 0.6) is 0 Å². The van der Waals surface area contributed by atoms with Crippen LogP contribution in [0.15, 0.2) is 30.3 Å². The molecule has 1 aromatic rings. The summed E-state index contributed by atoms with van der Waals surface area (Å²) in [6.07, 6.45) is 6.51. The molecule has 1 atom stereocenters. The first-order valence-electron chi connectivity index (χ1n) is 7.15. The van der Waals surface area contributed by atoms with Gasteiger partial charge >= 0.3 is 0 Å². The second-order valence-corrected chi connectivity index (χ2v) is 5.94. The van der Waals surface area contributed by atoms with Gasteiger partial charge in [-0.05, 0) is 37.1 Å². The van der Waals surface area contributed by atoms with Gasteiger partial charge in [0.1, 0.15) is 0 Å². The minimum atomic E-state index is 0.0561. The fourth-order valence-electron chi connectivity index (χ4n) is 2.72. The van der Waals surface area contributed by atoms with Gasteiger partial charge in [-0.15, -0.1) is 0 Å². The molecule has 0 aliphatic carbocycles. The highest BCUT2D eigenvalue weighted by atomic mass is 16.3. The zero-order valence-electron chi connectivity index (χ0n) is 12.0. The van der Waals surface area contributed by atoms with Gasteiger partial charge in [0.15, 0.2) is 0 Å². The van der Waals surface area contributed by atoms with Crippen molar-refractivity contribution in [1.82, 2.24) is 4.90 Å². The predicted octanol–water partition coefficient (Wildman–Crippen LogP) is 2.67. The monoisotopic (exact) mass is 270 g/mol. The molecule has 0 amide bonds. The van der Waals surface area contributed by atoms with Crippen LogP contribution in [-0.4, -0.2) is 36.2 Å². The number of hydrogen-bond donors (Lipinski definition) is 1. The van der Waals surface area contributed by atoms with E-state index in [9.17, 15) is 5.11 Å². The van der Waals surface area contributed by atoms with E-state index in [-0.39, 0.29) is 12.0 Å². The van der Waals surface area contributed by atoms with Crippen molar-refractivity contribution in [2.24, 2.45) is 5.41 Å². The van der Waals surface area contributed by atoms with Crippen LogP contribution in [0.4, 0.5) is 0 Å². The molecule has 0 spiro atoms. The van der Waals surface area contributed by atoms with Gasteiger partial charge in [-0.25, -0.2) is 0 Å². The van der Waals surface area contributed by atoms with Crippen molar-refractivity contribution >= 4 is 6.08 Å². The van der Waals surface area contributed by atoms with E-state index in [1.165, 1.54) is 0 Å². The molecular formula is C17H22N2O. The minimum absolute atomic E-state index is 0.0561. The third kappa shape index (κ3) is 3.93. The van der Waals surface area contributed by atoms with Crippen LogP contribution in [0.25, 0.3) is 6.08 Å². The molecular weight excluding hydrogens is 248 g/mol. The van der Waals surface area contributed by atoms with E-state index in [4.69, 9.17) is 5.26 Å². The molecule has 0 radical (unpaired) electrons. The number of aliphatic hydroxyl groups excluding tert-OH is 1. The summed E-state index contributed by atoms with van der Waals surface area (Å²) in [6.45, 7) is 5.40. The Kier molecular flexibility index (Phi) is 4.94. The fraction of sp³-hybridized carbons (Fsp3) is 0.471. The van der Waals surface area contributed by atoms with Crippen molar-refractivity contribution < 1.29 is 5.11 Å². The first-order valence-corrected chi connectivity index (χ1v) is 7.15. The van der Waals surface area contributed by atoms with Crippen molar-refractivity contribution in [3.05, 3.63) is 41.5 Å². The summed E-state index contributed by atoms with van der Waals surface area (Å²) in [5.74, 6) is 0. The molecule has 2 rings (SSSR count). The molecule has 3 heteroatoms. The van der Waals surface area contributed by atoms with Crippen LogP contribution in [0.1, 0.15) is 30.9 Å². The predicted molar refractivity (Wildman–Crippen MR) is 81.1 cm³/mol. The number of aliphatic hydroxyl groups is 1. The van der Waals surface area contributed by atoms with Gasteiger partial charge in [0, 0.05) is 25.1 Å². The first kappa shape index (κ1) is 14.8. The van der Waals surface area contributed by atoms with Gasteiger partial charge in [-0.2, -0.15) is 5.26 Å². The van der Waals surface area contributed by atoms with Crippen LogP contribution in [0, 0.1) is 16.7 Å². The molecule has 1 N–H and O–H groups in total. The third-order valence-corrected chi connectivity index (χ3v) is 3.96. The first-order chi connectivity index (χ1) is 9.65. The maximum Gasteiger partial charge on any atom is 0.0991 e. The lowest BCUT2D eigenvalue weighted by atomic mass is 9.83. The summed E-state index contributed by atoms with van der Waals surface area (Å²) < 4.78 is 0. The van der Waals surface area contributed by atoms with Gasteiger partial charge in [0.05, 0.1) is 11.6 Å². The number of hydrogen-bond acceptors (Lipinski definition) is 3. The van der Waals surface area contributed by atoms with Gasteiger partial charge in [-0.1, -0.05) is 31.2 Å². The Labute approximate surface area is 121 Å². The smallest absolute Gasteiger partial charge is 0.0991 e. The molecule has 1 unspecified atom stereocenters. The molecule has 1 aromatic carbocycles. The van der Waals surface area contributed by atoms with E-state index in [1.54, 1.807) is 0 Å². The van der Waals surface area contributed by atoms with E-state index in [1.807, 2.05) is 24.3 Å². The van der Waals surface area contributed by atoms with Crippen LogP contribution in [-0.2, 0) is 0 Å². The SMILES string of the molecule is CC1(CO)CCCN(C/C=C/c2ccc(C#N)cc2)C1. The maximum absolute atomic E-state index is 9.45. The number of rotatable bonds is 4. The van der Waals surface area contributed by atoms with Crippen molar-refractivity contribution in [2.45, 2.75) is 19.8 Å². The van der Waals surface area contributed by atoms with Crippen molar-refractivity contribution in [2.75, 3.05) is 26.2 Å². The maximum atomic E-state index is 9.45. The van der Waals surface area contributed by atoms with Crippen LogP contribution >= 0.6 is 0 Å². The largest absolute Gasteiger partial charge is 0.396 e. The van der Waals surface area contributed by atoms with Crippen molar-refractivity contribution in [1.29, 1.82) is 5.26 Å². The van der Waals surface area contributed by atoms with E-state index in [0.717, 1.165) is 38.0 Å². The van der Waals surface area contributed by atoms with Gasteiger partial charge in [0.25, 0.3) is 0 Å². The Morgan fingerprint density at radius 2 is 2.15 bits per heavy atom. The summed E-state index contributed by atoms with van der Waals surface area (Å²) >= 11 is 0. The highest BCUT2D eigenvalue weighted by molar-refractivity contribution is 5.51. The van der Waals surface area contributed by atoms with Crippen molar-refractivity contribution in [3.63, 3.8) is 0 Å². The van der Waals surface area contributed by atoms with Gasteiger partial charge in [0.2, 0.25) is 0 Å². The number of nitrogens with zero attached hydrogens (tertiary/aromatic N) is 2. The average Bonchev–Trinajstić information content (AvgIpc) is 2.48. The Balaban J connectivity index is 1.88. The lowest BCUT2D eigenvalue weighted by molar-refractivity contribution is 0.0524. The Hall–Kier alpha value is -1.63. The molecule has 106 valence electrons. The summed E-state index contributed by atoms with van der Waals surface area (Å²) in [4.78, 5) is 2.39. The molecule has 20 heavy (non-hydrogen) atoms. The summed E-state index contributed by atoms with van der Waals surface area (Å²) in [5, 5.41) is 18.2. The Morgan fingerprint density at radius 3 is 2.80 bits per heavy atom. The van der Waals surface area contributed by atoms with E-state index >= 15 is 0 Å². The van der Waals surface area contributed by atoms with E-state index in [0.29, 0.717) is 5.56 Å². The lowest BCUT2D eigenvalue weighted by Gasteiger charge is -2.38. The fourth-order valence-corrected chi connectivity index (χ4v) is 2.72. The standard InChI is InChI=1S/C17H22N2O/c1-17(14-20)9-3-11-19(13-17)10-2-4-15-5-7-16(12-18)8-6-15/h2,4-8,20H,3,9-11,13-14H2,1H3/b4-2+. The lowest BCUT2D eigenvalue weighted by Crippen LogP contribution is -2.43. The summed E-state index contributed by atoms with van der Waals surface area (Å²) in [5.41, 5.74) is 1.86. The molecule has 1 heterocycles. The Morgan fingerprint density at radius 1 is 1.40 bits per heavy atom. The average molecular weight is 270 g/mol. The number of benzene rings is 1. The number of nitriles is 1. The second-order valence-electron chi connectivity index (χ2n) is 5.94. The molecule has 1 saturated heterocycles. The van der Waals surface area contributed by atoms with Gasteiger partial charge in [-0.3, -0.25) is 4.90 Å². The molecule has 1 aliphatic heterocycles. The third-order valence-electron chi connectivity index (χ3n) is 3.96. The topological polar surface area (TPSA) is 47.3 Å². The number of piperidine rings is 1. The quantitative estimate of drug-likeness (QED) is 0.915. The van der Waals surface area contributed by atoms with Crippen molar-refractivity contribution in [3.8, 4) is 6.07 Å². The van der Waals surface area contributed by atoms with Gasteiger partial charge < -0.3 is 5.11 Å². The molecule has 3 nitrogen and oxygen atoms in total. The molecule has 1 aliphatic rings. The molecule has 1 fully saturated rings. The van der Waals surface area contributed by atoms with Crippen LogP contribution in [0.3, 0.4) is 0 Å². The highest BCUT2D eigenvalue weighted by Crippen LogP contribution is 2.28. The second kappa shape index (κ2) is 6.69.